The van der Waals surface area contributed by atoms with Crippen LogP contribution in [-0.2, 0) is 0 Å². The second-order valence-corrected chi connectivity index (χ2v) is 5.17. The van der Waals surface area contributed by atoms with Crippen LogP contribution in [0.2, 0.25) is 0 Å². The van der Waals surface area contributed by atoms with Gasteiger partial charge in [-0.15, -0.1) is 0 Å². The molecule has 0 saturated heterocycles. The number of hydrogen-bond acceptors (Lipinski definition) is 5. The second kappa shape index (κ2) is 6.58. The number of nitro benzene ring substituents is 1. The van der Waals surface area contributed by atoms with Crippen LogP contribution in [-0.4, -0.2) is 41.0 Å². The van der Waals surface area contributed by atoms with E-state index < -0.39 is 10.4 Å². The number of benzene rings is 1. The highest BCUT2D eigenvalue weighted by Gasteiger charge is 2.09. The van der Waals surface area contributed by atoms with Crippen LogP contribution < -0.4 is 0 Å². The smallest absolute Gasteiger partial charge is 0.269 e. The number of rotatable bonds is 6. The predicted octanol–water partition coefficient (Wildman–Crippen LogP) is 1.96. The normalized spacial score (nSPS) is 12.7. The fraction of sp³-hybridized carbons (Fsp3) is 0.455. The molecule has 0 amide bonds. The minimum absolute atomic E-state index is 0.0668. The second-order valence-electron chi connectivity index (χ2n) is 3.92. The van der Waals surface area contributed by atoms with Crippen molar-refractivity contribution in [1.82, 2.24) is 4.90 Å². The Bertz CT molecular complexity index is 367. The Balaban J connectivity index is 2.48. The van der Waals surface area contributed by atoms with Gasteiger partial charge in [-0.05, 0) is 32.6 Å². The van der Waals surface area contributed by atoms with E-state index >= 15 is 0 Å². The first kappa shape index (κ1) is 14.0. The first-order chi connectivity index (χ1) is 7.99. The SMILES string of the molecule is CN(C)CCC(O)Sc1ccc([N+](=O)[O-])cc1. The van der Waals surface area contributed by atoms with Crippen LogP contribution in [0.1, 0.15) is 6.42 Å². The molecule has 1 aromatic carbocycles. The number of thioether (sulfide) groups is 1. The van der Waals surface area contributed by atoms with E-state index in [-0.39, 0.29) is 5.69 Å². The Hall–Kier alpha value is -1.11. The molecule has 0 aliphatic carbocycles. The highest BCUT2D eigenvalue weighted by Crippen LogP contribution is 2.25. The van der Waals surface area contributed by atoms with Crippen molar-refractivity contribution < 1.29 is 10.0 Å². The van der Waals surface area contributed by atoms with E-state index in [2.05, 4.69) is 0 Å². The topological polar surface area (TPSA) is 66.6 Å². The van der Waals surface area contributed by atoms with Crippen molar-refractivity contribution in [3.63, 3.8) is 0 Å². The molecule has 0 heterocycles. The zero-order chi connectivity index (χ0) is 12.8. The van der Waals surface area contributed by atoms with Gasteiger partial charge in [0.1, 0.15) is 5.44 Å². The van der Waals surface area contributed by atoms with E-state index in [4.69, 9.17) is 0 Å². The highest BCUT2D eigenvalue weighted by molar-refractivity contribution is 7.99. The minimum Gasteiger partial charge on any atom is -0.382 e. The van der Waals surface area contributed by atoms with Crippen LogP contribution in [0, 0.1) is 10.1 Å². The maximum absolute atomic E-state index is 10.5. The molecule has 1 N–H and O–H groups in total. The van der Waals surface area contributed by atoms with Gasteiger partial charge in [-0.3, -0.25) is 10.1 Å². The summed E-state index contributed by atoms with van der Waals surface area (Å²) in [6, 6.07) is 6.20. The van der Waals surface area contributed by atoms with Crippen molar-refractivity contribution in [2.24, 2.45) is 0 Å². The van der Waals surface area contributed by atoms with Gasteiger partial charge in [-0.2, -0.15) is 0 Å². The fourth-order valence-corrected chi connectivity index (χ4v) is 2.06. The molecule has 0 aliphatic rings. The number of nitrogens with zero attached hydrogens (tertiary/aromatic N) is 2. The van der Waals surface area contributed by atoms with Gasteiger partial charge in [0.25, 0.3) is 5.69 Å². The average molecular weight is 256 g/mol. The van der Waals surface area contributed by atoms with E-state index in [0.29, 0.717) is 6.42 Å². The van der Waals surface area contributed by atoms with E-state index in [1.165, 1.54) is 23.9 Å². The number of hydrogen-bond donors (Lipinski definition) is 1. The van der Waals surface area contributed by atoms with E-state index in [0.717, 1.165) is 11.4 Å². The number of non-ortho nitro benzene ring substituents is 1. The van der Waals surface area contributed by atoms with Crippen molar-refractivity contribution in [2.45, 2.75) is 16.8 Å². The van der Waals surface area contributed by atoms with Crippen molar-refractivity contribution in [3.05, 3.63) is 34.4 Å². The molecule has 17 heavy (non-hydrogen) atoms. The summed E-state index contributed by atoms with van der Waals surface area (Å²) in [6.45, 7) is 0.807. The maximum atomic E-state index is 10.5. The molecule has 1 unspecified atom stereocenters. The minimum atomic E-state index is -0.487. The Morgan fingerprint density at radius 3 is 2.47 bits per heavy atom. The van der Waals surface area contributed by atoms with Crippen molar-refractivity contribution in [3.8, 4) is 0 Å². The Kier molecular flexibility index (Phi) is 5.40. The predicted molar refractivity (Wildman–Crippen MR) is 68.1 cm³/mol. The van der Waals surface area contributed by atoms with Crippen molar-refractivity contribution in [1.29, 1.82) is 0 Å². The summed E-state index contributed by atoms with van der Waals surface area (Å²) >= 11 is 1.31. The summed E-state index contributed by atoms with van der Waals surface area (Å²) in [6.07, 6.45) is 0.661. The largest absolute Gasteiger partial charge is 0.382 e. The lowest BCUT2D eigenvalue weighted by molar-refractivity contribution is -0.384. The third-order valence-corrected chi connectivity index (χ3v) is 3.20. The van der Waals surface area contributed by atoms with Crippen LogP contribution >= 0.6 is 11.8 Å². The van der Waals surface area contributed by atoms with Gasteiger partial charge in [0, 0.05) is 23.6 Å². The molecule has 0 radical (unpaired) electrons. The summed E-state index contributed by atoms with van der Waals surface area (Å²) in [4.78, 5) is 12.9. The first-order valence-electron chi connectivity index (χ1n) is 5.23. The van der Waals surface area contributed by atoms with Crippen molar-refractivity contribution >= 4 is 17.4 Å². The number of nitro groups is 1. The Morgan fingerprint density at radius 1 is 1.41 bits per heavy atom. The Labute approximate surface area is 105 Å². The molecule has 1 aromatic rings. The van der Waals surface area contributed by atoms with E-state index in [1.54, 1.807) is 12.1 Å². The van der Waals surface area contributed by atoms with Crippen LogP contribution in [0.15, 0.2) is 29.2 Å². The number of aliphatic hydroxyl groups excluding tert-OH is 1. The summed E-state index contributed by atoms with van der Waals surface area (Å²) in [5.74, 6) is 0. The van der Waals surface area contributed by atoms with Gasteiger partial charge in [-0.25, -0.2) is 0 Å². The van der Waals surface area contributed by atoms with E-state index in [1.807, 2.05) is 19.0 Å². The molecule has 0 spiro atoms. The Morgan fingerprint density at radius 2 is 2.00 bits per heavy atom. The fourth-order valence-electron chi connectivity index (χ4n) is 1.23. The third-order valence-electron chi connectivity index (χ3n) is 2.14. The lowest BCUT2D eigenvalue weighted by atomic mass is 10.3. The van der Waals surface area contributed by atoms with Gasteiger partial charge < -0.3 is 10.0 Å². The van der Waals surface area contributed by atoms with Crippen LogP contribution in [0.5, 0.6) is 0 Å². The zero-order valence-corrected chi connectivity index (χ0v) is 10.7. The van der Waals surface area contributed by atoms with Gasteiger partial charge in [0.2, 0.25) is 0 Å². The molecular weight excluding hydrogens is 240 g/mol. The quantitative estimate of drug-likeness (QED) is 0.365. The first-order valence-corrected chi connectivity index (χ1v) is 6.11. The monoisotopic (exact) mass is 256 g/mol. The molecule has 5 nitrogen and oxygen atoms in total. The molecular formula is C11H16N2O3S. The van der Waals surface area contributed by atoms with Gasteiger partial charge in [-0.1, -0.05) is 11.8 Å². The lowest BCUT2D eigenvalue weighted by Crippen LogP contribution is -2.17. The molecule has 0 aromatic heterocycles. The molecule has 1 atom stereocenters. The molecule has 6 heteroatoms. The van der Waals surface area contributed by atoms with E-state index in [9.17, 15) is 15.2 Å². The molecule has 0 fully saturated rings. The standard InChI is InChI=1S/C11H16N2O3S/c1-12(2)8-7-11(14)17-10-5-3-9(4-6-10)13(15)16/h3-6,11,14H,7-8H2,1-2H3. The van der Waals surface area contributed by atoms with Gasteiger partial charge in [0.15, 0.2) is 0 Å². The summed E-state index contributed by atoms with van der Waals surface area (Å²) in [5.41, 5.74) is -0.420. The molecule has 0 bridgehead atoms. The highest BCUT2D eigenvalue weighted by atomic mass is 32.2. The average Bonchev–Trinajstić information content (AvgIpc) is 2.27. The molecule has 0 saturated carbocycles. The van der Waals surface area contributed by atoms with Gasteiger partial charge in [0.05, 0.1) is 4.92 Å². The molecule has 94 valence electrons. The molecule has 1 rings (SSSR count). The van der Waals surface area contributed by atoms with Crippen molar-refractivity contribution in [2.75, 3.05) is 20.6 Å². The summed E-state index contributed by atoms with van der Waals surface area (Å²) in [5, 5.41) is 20.2. The summed E-state index contributed by atoms with van der Waals surface area (Å²) in [7, 11) is 3.90. The lowest BCUT2D eigenvalue weighted by Gasteiger charge is -2.13. The third kappa shape index (κ3) is 5.16. The maximum Gasteiger partial charge on any atom is 0.269 e. The molecule has 0 aliphatic heterocycles. The van der Waals surface area contributed by atoms with Gasteiger partial charge >= 0.3 is 0 Å². The zero-order valence-electron chi connectivity index (χ0n) is 9.87. The van der Waals surface area contributed by atoms with Crippen LogP contribution in [0.25, 0.3) is 0 Å². The van der Waals surface area contributed by atoms with Crippen LogP contribution in [0.4, 0.5) is 5.69 Å². The number of aliphatic hydroxyl groups is 1. The summed E-state index contributed by atoms with van der Waals surface area (Å²) < 4.78 is 0. The van der Waals surface area contributed by atoms with Crippen LogP contribution in [0.3, 0.4) is 0 Å².